The SMILES string of the molecule is CCOC1CC(NCCc2cccc(OC)c2)C1OC. The van der Waals surface area contributed by atoms with Gasteiger partial charge in [0, 0.05) is 19.8 Å². The van der Waals surface area contributed by atoms with Crippen molar-refractivity contribution in [2.75, 3.05) is 27.4 Å². The largest absolute Gasteiger partial charge is 0.497 e. The first-order valence-electron chi connectivity index (χ1n) is 7.29. The summed E-state index contributed by atoms with van der Waals surface area (Å²) in [6, 6.07) is 8.61. The molecule has 1 fully saturated rings. The van der Waals surface area contributed by atoms with Crippen LogP contribution in [0.4, 0.5) is 0 Å². The van der Waals surface area contributed by atoms with E-state index in [1.807, 2.05) is 19.1 Å². The Labute approximate surface area is 121 Å². The van der Waals surface area contributed by atoms with Crippen molar-refractivity contribution in [3.05, 3.63) is 29.8 Å². The predicted molar refractivity (Wildman–Crippen MR) is 79.3 cm³/mol. The number of benzene rings is 1. The van der Waals surface area contributed by atoms with Crippen molar-refractivity contribution in [1.29, 1.82) is 0 Å². The van der Waals surface area contributed by atoms with Gasteiger partial charge in [-0.2, -0.15) is 0 Å². The van der Waals surface area contributed by atoms with E-state index in [0.29, 0.717) is 6.04 Å². The Morgan fingerprint density at radius 1 is 1.30 bits per heavy atom. The van der Waals surface area contributed by atoms with Gasteiger partial charge in [-0.05, 0) is 44.0 Å². The van der Waals surface area contributed by atoms with Crippen molar-refractivity contribution < 1.29 is 14.2 Å². The Hall–Kier alpha value is -1.10. The molecule has 4 nitrogen and oxygen atoms in total. The standard InChI is InChI=1S/C16H25NO3/c1-4-20-15-11-14(16(15)19-3)17-9-8-12-6-5-7-13(10-12)18-2/h5-7,10,14-17H,4,8-9,11H2,1-3H3. The van der Waals surface area contributed by atoms with Gasteiger partial charge in [0.15, 0.2) is 0 Å². The second-order valence-electron chi connectivity index (χ2n) is 5.09. The molecule has 1 N–H and O–H groups in total. The highest BCUT2D eigenvalue weighted by Gasteiger charge is 2.41. The zero-order chi connectivity index (χ0) is 14.4. The van der Waals surface area contributed by atoms with Crippen LogP contribution in [0, 0.1) is 0 Å². The maximum atomic E-state index is 5.62. The Balaban J connectivity index is 1.73. The molecule has 0 bridgehead atoms. The Morgan fingerprint density at radius 2 is 2.15 bits per heavy atom. The lowest BCUT2D eigenvalue weighted by Gasteiger charge is -2.43. The van der Waals surface area contributed by atoms with Crippen molar-refractivity contribution in [3.8, 4) is 5.75 Å². The van der Waals surface area contributed by atoms with E-state index in [0.717, 1.165) is 31.7 Å². The maximum Gasteiger partial charge on any atom is 0.119 e. The molecule has 0 saturated heterocycles. The first-order valence-corrected chi connectivity index (χ1v) is 7.29. The highest BCUT2D eigenvalue weighted by Crippen LogP contribution is 2.26. The van der Waals surface area contributed by atoms with Gasteiger partial charge < -0.3 is 19.5 Å². The number of hydrogen-bond donors (Lipinski definition) is 1. The lowest BCUT2D eigenvalue weighted by molar-refractivity contribution is -0.131. The van der Waals surface area contributed by atoms with Crippen LogP contribution in [-0.2, 0) is 15.9 Å². The smallest absolute Gasteiger partial charge is 0.119 e. The molecule has 1 aromatic carbocycles. The van der Waals surface area contributed by atoms with Gasteiger partial charge in [-0.15, -0.1) is 0 Å². The molecule has 1 aliphatic rings. The Kier molecular flexibility index (Phi) is 5.83. The van der Waals surface area contributed by atoms with Gasteiger partial charge in [0.1, 0.15) is 5.75 Å². The quantitative estimate of drug-likeness (QED) is 0.790. The number of hydrogen-bond acceptors (Lipinski definition) is 4. The normalized spacial score (nSPS) is 25.2. The van der Waals surface area contributed by atoms with Crippen LogP contribution in [0.25, 0.3) is 0 Å². The van der Waals surface area contributed by atoms with E-state index < -0.39 is 0 Å². The minimum absolute atomic E-state index is 0.181. The van der Waals surface area contributed by atoms with Crippen molar-refractivity contribution in [1.82, 2.24) is 5.32 Å². The third-order valence-electron chi connectivity index (χ3n) is 3.86. The molecular formula is C16H25NO3. The molecular weight excluding hydrogens is 254 g/mol. The Morgan fingerprint density at radius 3 is 2.85 bits per heavy atom. The summed E-state index contributed by atoms with van der Waals surface area (Å²) < 4.78 is 16.4. The van der Waals surface area contributed by atoms with Crippen LogP contribution in [0.15, 0.2) is 24.3 Å². The van der Waals surface area contributed by atoms with Gasteiger partial charge in [0.2, 0.25) is 0 Å². The van der Waals surface area contributed by atoms with Crippen LogP contribution in [0.2, 0.25) is 0 Å². The van der Waals surface area contributed by atoms with E-state index in [9.17, 15) is 0 Å². The lowest BCUT2D eigenvalue weighted by atomic mass is 9.85. The average molecular weight is 279 g/mol. The van der Waals surface area contributed by atoms with Crippen LogP contribution in [-0.4, -0.2) is 45.6 Å². The zero-order valence-corrected chi connectivity index (χ0v) is 12.6. The molecule has 3 unspecified atom stereocenters. The van der Waals surface area contributed by atoms with Crippen LogP contribution in [0.5, 0.6) is 5.75 Å². The summed E-state index contributed by atoms with van der Waals surface area (Å²) in [5.41, 5.74) is 1.28. The highest BCUT2D eigenvalue weighted by atomic mass is 16.5. The van der Waals surface area contributed by atoms with Crippen LogP contribution in [0.3, 0.4) is 0 Å². The summed E-state index contributed by atoms with van der Waals surface area (Å²) in [5, 5.41) is 3.55. The first kappa shape index (κ1) is 15.3. The molecule has 3 atom stereocenters. The van der Waals surface area contributed by atoms with Crippen molar-refractivity contribution in [3.63, 3.8) is 0 Å². The average Bonchev–Trinajstić information content (AvgIpc) is 2.46. The molecule has 0 radical (unpaired) electrons. The van der Waals surface area contributed by atoms with E-state index in [-0.39, 0.29) is 12.2 Å². The molecule has 0 spiro atoms. The minimum atomic E-state index is 0.181. The van der Waals surface area contributed by atoms with Crippen molar-refractivity contribution in [2.45, 2.75) is 38.0 Å². The third-order valence-corrected chi connectivity index (χ3v) is 3.86. The molecule has 1 aliphatic carbocycles. The van der Waals surface area contributed by atoms with Gasteiger partial charge >= 0.3 is 0 Å². The summed E-state index contributed by atoms with van der Waals surface area (Å²) in [5.74, 6) is 0.914. The second kappa shape index (κ2) is 7.62. The van der Waals surface area contributed by atoms with Crippen LogP contribution < -0.4 is 10.1 Å². The van der Waals surface area contributed by atoms with E-state index in [1.54, 1.807) is 14.2 Å². The number of ether oxygens (including phenoxy) is 3. The van der Waals surface area contributed by atoms with Gasteiger partial charge in [0.25, 0.3) is 0 Å². The molecule has 4 heteroatoms. The number of methoxy groups -OCH3 is 2. The molecule has 112 valence electrons. The number of rotatable bonds is 8. The molecule has 2 rings (SSSR count). The van der Waals surface area contributed by atoms with Crippen LogP contribution in [0.1, 0.15) is 18.9 Å². The molecule has 20 heavy (non-hydrogen) atoms. The van der Waals surface area contributed by atoms with E-state index in [4.69, 9.17) is 14.2 Å². The van der Waals surface area contributed by atoms with Gasteiger partial charge in [-0.25, -0.2) is 0 Å². The molecule has 0 aliphatic heterocycles. The van der Waals surface area contributed by atoms with Gasteiger partial charge in [0.05, 0.1) is 19.3 Å². The fraction of sp³-hybridized carbons (Fsp3) is 0.625. The molecule has 0 heterocycles. The van der Waals surface area contributed by atoms with E-state index >= 15 is 0 Å². The van der Waals surface area contributed by atoms with E-state index in [1.165, 1.54) is 5.56 Å². The van der Waals surface area contributed by atoms with Crippen molar-refractivity contribution in [2.24, 2.45) is 0 Å². The van der Waals surface area contributed by atoms with Crippen LogP contribution >= 0.6 is 0 Å². The third kappa shape index (κ3) is 3.72. The summed E-state index contributed by atoms with van der Waals surface area (Å²) in [6.07, 6.45) is 2.45. The topological polar surface area (TPSA) is 39.7 Å². The minimum Gasteiger partial charge on any atom is -0.497 e. The summed E-state index contributed by atoms with van der Waals surface area (Å²) in [4.78, 5) is 0. The summed E-state index contributed by atoms with van der Waals surface area (Å²) in [6.45, 7) is 3.72. The van der Waals surface area contributed by atoms with Gasteiger partial charge in [-0.3, -0.25) is 0 Å². The second-order valence-corrected chi connectivity index (χ2v) is 5.09. The Bertz CT molecular complexity index is 410. The monoisotopic (exact) mass is 279 g/mol. The van der Waals surface area contributed by atoms with E-state index in [2.05, 4.69) is 17.4 Å². The summed E-state index contributed by atoms with van der Waals surface area (Å²) in [7, 11) is 3.45. The van der Waals surface area contributed by atoms with Gasteiger partial charge in [-0.1, -0.05) is 12.1 Å². The highest BCUT2D eigenvalue weighted by molar-refractivity contribution is 5.28. The zero-order valence-electron chi connectivity index (χ0n) is 12.6. The molecule has 1 saturated carbocycles. The summed E-state index contributed by atoms with van der Waals surface area (Å²) >= 11 is 0. The fourth-order valence-electron chi connectivity index (χ4n) is 2.70. The number of nitrogens with one attached hydrogen (secondary N) is 1. The van der Waals surface area contributed by atoms with Crippen molar-refractivity contribution >= 4 is 0 Å². The predicted octanol–water partition coefficient (Wildman–Crippen LogP) is 2.02. The molecule has 0 aromatic heterocycles. The maximum absolute atomic E-state index is 5.62. The fourth-order valence-corrected chi connectivity index (χ4v) is 2.70. The molecule has 1 aromatic rings. The lowest BCUT2D eigenvalue weighted by Crippen LogP contribution is -2.60. The molecule has 0 amide bonds. The first-order chi connectivity index (χ1) is 9.78.